The molecule has 3 aromatic rings. The molecule has 1 aliphatic heterocycles. The van der Waals surface area contributed by atoms with Crippen LogP contribution < -0.4 is 10.2 Å². The molecule has 6 nitrogen and oxygen atoms in total. The maximum absolute atomic E-state index is 14.0. The first kappa shape index (κ1) is 24.2. The predicted molar refractivity (Wildman–Crippen MR) is 129 cm³/mol. The van der Waals surface area contributed by atoms with Gasteiger partial charge in [-0.2, -0.15) is 0 Å². The SMILES string of the molecule is Cc1cc(-c2sc(N3C[C@@H](C)O[C@@H](C)C3)nc2CNC(=O)c2ccc(F)c(F)c2C)cc(C)n1. The largest absolute Gasteiger partial charge is 0.372 e. The van der Waals surface area contributed by atoms with Crippen LogP contribution in [0, 0.1) is 32.4 Å². The van der Waals surface area contributed by atoms with E-state index in [0.29, 0.717) is 5.69 Å². The number of nitrogens with one attached hydrogen (secondary N) is 1. The minimum atomic E-state index is -1.01. The van der Waals surface area contributed by atoms with E-state index in [4.69, 9.17) is 9.72 Å². The minimum absolute atomic E-state index is 0.0200. The minimum Gasteiger partial charge on any atom is -0.372 e. The number of thiazole rings is 1. The molecule has 2 atom stereocenters. The molecule has 1 saturated heterocycles. The molecule has 0 aliphatic carbocycles. The van der Waals surface area contributed by atoms with Crippen LogP contribution in [0.4, 0.5) is 13.9 Å². The van der Waals surface area contributed by atoms with Crippen LogP contribution in [0.5, 0.6) is 0 Å². The summed E-state index contributed by atoms with van der Waals surface area (Å²) in [4.78, 5) is 25.3. The highest BCUT2D eigenvalue weighted by Crippen LogP contribution is 2.36. The molecule has 1 aliphatic rings. The van der Waals surface area contributed by atoms with Crippen molar-refractivity contribution >= 4 is 22.4 Å². The highest BCUT2D eigenvalue weighted by Gasteiger charge is 2.26. The van der Waals surface area contributed by atoms with Crippen LogP contribution in [0.2, 0.25) is 0 Å². The molecule has 4 rings (SSSR count). The molecule has 2 aromatic heterocycles. The van der Waals surface area contributed by atoms with E-state index < -0.39 is 17.5 Å². The topological polar surface area (TPSA) is 67.3 Å². The van der Waals surface area contributed by atoms with Crippen LogP contribution in [0.25, 0.3) is 10.4 Å². The lowest BCUT2D eigenvalue weighted by atomic mass is 10.1. The van der Waals surface area contributed by atoms with Crippen LogP contribution in [-0.4, -0.2) is 41.2 Å². The van der Waals surface area contributed by atoms with Gasteiger partial charge in [-0.3, -0.25) is 9.78 Å². The van der Waals surface area contributed by atoms with Gasteiger partial charge in [0.1, 0.15) is 0 Å². The van der Waals surface area contributed by atoms with Crippen LogP contribution in [0.15, 0.2) is 24.3 Å². The van der Waals surface area contributed by atoms with Gasteiger partial charge in [-0.15, -0.1) is 0 Å². The van der Waals surface area contributed by atoms with Crippen molar-refractivity contribution in [3.8, 4) is 10.4 Å². The van der Waals surface area contributed by atoms with E-state index in [1.165, 1.54) is 13.0 Å². The highest BCUT2D eigenvalue weighted by molar-refractivity contribution is 7.19. The molecule has 1 N–H and O–H groups in total. The zero-order valence-electron chi connectivity index (χ0n) is 19.9. The third-order valence-electron chi connectivity index (χ3n) is 5.72. The number of benzene rings is 1. The third kappa shape index (κ3) is 5.10. The van der Waals surface area contributed by atoms with Crippen molar-refractivity contribution < 1.29 is 18.3 Å². The summed E-state index contributed by atoms with van der Waals surface area (Å²) in [6, 6.07) is 6.26. The maximum atomic E-state index is 14.0. The standard InChI is InChI=1S/C25H28F2N4O2S/c1-13-8-18(9-14(2)29-13)23-21(30-25(34-23)31-11-15(3)33-16(4)12-31)10-28-24(32)19-6-7-20(26)22(27)17(19)5/h6-9,15-16H,10-12H2,1-5H3,(H,28,32)/t15-,16+. The van der Waals surface area contributed by atoms with E-state index >= 15 is 0 Å². The second-order valence-corrected chi connectivity index (χ2v) is 9.77. The summed E-state index contributed by atoms with van der Waals surface area (Å²) in [7, 11) is 0. The highest BCUT2D eigenvalue weighted by atomic mass is 32.1. The molecule has 1 aromatic carbocycles. The molecule has 1 fully saturated rings. The quantitative estimate of drug-likeness (QED) is 0.553. The molecule has 0 bridgehead atoms. The van der Waals surface area contributed by atoms with Gasteiger partial charge >= 0.3 is 0 Å². The van der Waals surface area contributed by atoms with Crippen molar-refractivity contribution in [2.75, 3.05) is 18.0 Å². The summed E-state index contributed by atoms with van der Waals surface area (Å²) in [5, 5.41) is 3.69. The second-order valence-electron chi connectivity index (χ2n) is 8.79. The summed E-state index contributed by atoms with van der Waals surface area (Å²) in [5.74, 6) is -2.46. The fourth-order valence-electron chi connectivity index (χ4n) is 4.28. The number of amides is 1. The normalized spacial score (nSPS) is 18.3. The summed E-state index contributed by atoms with van der Waals surface area (Å²) < 4.78 is 33.3. The van der Waals surface area contributed by atoms with Crippen molar-refractivity contribution in [1.29, 1.82) is 0 Å². The van der Waals surface area contributed by atoms with E-state index in [0.717, 1.165) is 46.1 Å². The van der Waals surface area contributed by atoms with Gasteiger partial charge in [0.2, 0.25) is 0 Å². The van der Waals surface area contributed by atoms with Crippen molar-refractivity contribution in [2.45, 2.75) is 53.4 Å². The molecule has 0 unspecified atom stereocenters. The van der Waals surface area contributed by atoms with Crippen molar-refractivity contribution in [1.82, 2.24) is 15.3 Å². The number of pyridine rings is 1. The Morgan fingerprint density at radius 1 is 1.12 bits per heavy atom. The predicted octanol–water partition coefficient (Wildman–Crippen LogP) is 4.95. The number of hydrogen-bond donors (Lipinski definition) is 1. The molecule has 0 radical (unpaired) electrons. The number of aromatic nitrogens is 2. The summed E-state index contributed by atoms with van der Waals surface area (Å²) in [6.07, 6.45) is 0.169. The average molecular weight is 487 g/mol. The maximum Gasteiger partial charge on any atom is 0.251 e. The van der Waals surface area contributed by atoms with E-state index in [-0.39, 0.29) is 29.9 Å². The molecule has 3 heterocycles. The van der Waals surface area contributed by atoms with Gasteiger partial charge in [0.15, 0.2) is 16.8 Å². The van der Waals surface area contributed by atoms with Gasteiger partial charge in [-0.1, -0.05) is 11.3 Å². The van der Waals surface area contributed by atoms with E-state index in [1.807, 2.05) is 39.8 Å². The smallest absolute Gasteiger partial charge is 0.251 e. The molecule has 0 saturated carbocycles. The zero-order chi connectivity index (χ0) is 24.6. The summed E-state index contributed by atoms with van der Waals surface area (Å²) >= 11 is 1.57. The number of carbonyl (C=O) groups excluding carboxylic acids is 1. The fourth-order valence-corrected chi connectivity index (χ4v) is 5.36. The van der Waals surface area contributed by atoms with Gasteiger partial charge in [-0.05, 0) is 64.4 Å². The van der Waals surface area contributed by atoms with E-state index in [1.54, 1.807) is 11.3 Å². The van der Waals surface area contributed by atoms with Gasteiger partial charge in [-0.25, -0.2) is 13.8 Å². The zero-order valence-corrected chi connectivity index (χ0v) is 20.7. The Kier molecular flexibility index (Phi) is 6.95. The molecule has 1 amide bonds. The number of ether oxygens (including phenoxy) is 1. The molecule has 0 spiro atoms. The van der Waals surface area contributed by atoms with Crippen molar-refractivity contribution in [3.63, 3.8) is 0 Å². The lowest BCUT2D eigenvalue weighted by Gasteiger charge is -2.35. The molecular weight excluding hydrogens is 458 g/mol. The van der Waals surface area contributed by atoms with Crippen LogP contribution >= 0.6 is 11.3 Å². The Morgan fingerprint density at radius 2 is 1.76 bits per heavy atom. The first-order valence-corrected chi connectivity index (χ1v) is 12.0. The first-order valence-electron chi connectivity index (χ1n) is 11.2. The van der Waals surface area contributed by atoms with Crippen LogP contribution in [0.1, 0.15) is 46.9 Å². The van der Waals surface area contributed by atoms with Gasteiger partial charge in [0, 0.05) is 35.6 Å². The summed E-state index contributed by atoms with van der Waals surface area (Å²) in [6.45, 7) is 11.0. The number of anilines is 1. The average Bonchev–Trinajstić information content (AvgIpc) is 3.19. The molecular formula is C25H28F2N4O2S. The summed E-state index contributed by atoms with van der Waals surface area (Å²) in [5.41, 5.74) is 3.56. The number of carbonyl (C=O) groups is 1. The van der Waals surface area contributed by atoms with Crippen LogP contribution in [0.3, 0.4) is 0 Å². The number of aryl methyl sites for hydroxylation is 2. The number of halogens is 2. The van der Waals surface area contributed by atoms with E-state index in [9.17, 15) is 13.6 Å². The Bertz CT molecular complexity index is 1200. The first-order chi connectivity index (χ1) is 16.1. The van der Waals surface area contributed by atoms with Crippen molar-refractivity contribution in [3.05, 3.63) is 64.1 Å². The molecule has 9 heteroatoms. The lowest BCUT2D eigenvalue weighted by molar-refractivity contribution is -0.00523. The Morgan fingerprint density at radius 3 is 2.41 bits per heavy atom. The van der Waals surface area contributed by atoms with Gasteiger partial charge in [0.25, 0.3) is 5.91 Å². The Hall–Kier alpha value is -2.91. The number of nitrogens with zero attached hydrogens (tertiary/aromatic N) is 3. The number of hydrogen-bond acceptors (Lipinski definition) is 6. The Labute approximate surface area is 202 Å². The third-order valence-corrected chi connectivity index (χ3v) is 6.93. The monoisotopic (exact) mass is 486 g/mol. The number of morpholine rings is 1. The lowest BCUT2D eigenvalue weighted by Crippen LogP contribution is -2.45. The molecule has 180 valence electrons. The molecule has 34 heavy (non-hydrogen) atoms. The van der Waals surface area contributed by atoms with E-state index in [2.05, 4.69) is 15.2 Å². The van der Waals surface area contributed by atoms with Gasteiger partial charge < -0.3 is 15.0 Å². The fraction of sp³-hybridized carbons (Fsp3) is 0.400. The van der Waals surface area contributed by atoms with Gasteiger partial charge in [0.05, 0.1) is 29.3 Å². The van der Waals surface area contributed by atoms with Crippen molar-refractivity contribution in [2.24, 2.45) is 0 Å². The Balaban J connectivity index is 1.65. The second kappa shape index (κ2) is 9.76. The number of rotatable bonds is 5. The van der Waals surface area contributed by atoms with Crippen LogP contribution in [-0.2, 0) is 11.3 Å².